The zero-order valence-corrected chi connectivity index (χ0v) is 11.5. The van der Waals surface area contributed by atoms with Crippen molar-refractivity contribution in [2.24, 2.45) is 0 Å². The van der Waals surface area contributed by atoms with Gasteiger partial charge in [-0.25, -0.2) is 4.79 Å². The summed E-state index contributed by atoms with van der Waals surface area (Å²) in [5, 5.41) is 11.8. The highest BCUT2D eigenvalue weighted by molar-refractivity contribution is 5.93. The van der Waals surface area contributed by atoms with Gasteiger partial charge in [0, 0.05) is 5.56 Å². The Hall–Kier alpha value is -2.04. The number of nitrogens with one attached hydrogen (secondary N) is 1. The molecule has 0 spiro atoms. The van der Waals surface area contributed by atoms with Crippen molar-refractivity contribution in [1.82, 2.24) is 5.32 Å². The maximum Gasteiger partial charge on any atom is 0.329 e. The largest absolute Gasteiger partial charge is 0.492 e. The maximum atomic E-state index is 12.3. The molecule has 1 heterocycles. The van der Waals surface area contributed by atoms with Crippen LogP contribution < -0.4 is 10.1 Å². The van der Waals surface area contributed by atoms with Crippen molar-refractivity contribution in [1.29, 1.82) is 0 Å². The average Bonchev–Trinajstić information content (AvgIpc) is 3.05. The predicted octanol–water partition coefficient (Wildman–Crippen LogP) is 1.51. The molecular formula is C15H17NO4. The lowest BCUT2D eigenvalue weighted by Gasteiger charge is -2.16. The van der Waals surface area contributed by atoms with Crippen molar-refractivity contribution in [3.05, 3.63) is 28.8 Å². The molecule has 2 N–H and O–H groups in total. The summed E-state index contributed by atoms with van der Waals surface area (Å²) in [4.78, 5) is 23.4. The highest BCUT2D eigenvalue weighted by atomic mass is 16.5. The number of hydrogen-bond acceptors (Lipinski definition) is 3. The van der Waals surface area contributed by atoms with E-state index in [1.54, 1.807) is 0 Å². The van der Waals surface area contributed by atoms with Gasteiger partial charge in [0.2, 0.25) is 5.91 Å². The van der Waals surface area contributed by atoms with Crippen LogP contribution in [-0.4, -0.2) is 29.1 Å². The number of aliphatic carboxylic acids is 1. The van der Waals surface area contributed by atoms with Crippen LogP contribution in [0.25, 0.3) is 0 Å². The lowest BCUT2D eigenvalue weighted by Crippen LogP contribution is -2.45. The van der Waals surface area contributed by atoms with Crippen LogP contribution in [0.3, 0.4) is 0 Å². The standard InChI is InChI=1S/C15H17NO4/c1-8-5-10-11(7-20-12(10)6-9(8)2)13(17)16-15(3-4-15)14(18)19/h5-6,11H,3-4,7H2,1-2H3,(H,16,17)(H,18,19). The third-order valence-electron chi connectivity index (χ3n) is 4.25. The van der Waals surface area contributed by atoms with Gasteiger partial charge in [-0.05, 0) is 43.9 Å². The van der Waals surface area contributed by atoms with Crippen LogP contribution in [0, 0.1) is 13.8 Å². The molecule has 1 aromatic carbocycles. The van der Waals surface area contributed by atoms with Crippen molar-refractivity contribution in [2.75, 3.05) is 6.61 Å². The van der Waals surface area contributed by atoms with Gasteiger partial charge in [0.15, 0.2) is 0 Å². The van der Waals surface area contributed by atoms with E-state index in [-0.39, 0.29) is 12.5 Å². The quantitative estimate of drug-likeness (QED) is 0.876. The molecule has 0 aromatic heterocycles. The van der Waals surface area contributed by atoms with Gasteiger partial charge >= 0.3 is 5.97 Å². The number of rotatable bonds is 3. The van der Waals surface area contributed by atoms with Crippen LogP contribution in [0.1, 0.15) is 35.4 Å². The SMILES string of the molecule is Cc1cc2c(cc1C)C(C(=O)NC1(C(=O)O)CC1)CO2. The van der Waals surface area contributed by atoms with Gasteiger partial charge in [-0.3, -0.25) is 4.79 Å². The Bertz CT molecular complexity index is 604. The van der Waals surface area contributed by atoms with E-state index in [0.29, 0.717) is 12.8 Å². The smallest absolute Gasteiger partial charge is 0.329 e. The van der Waals surface area contributed by atoms with Gasteiger partial charge in [-0.15, -0.1) is 0 Å². The Kier molecular flexibility index (Phi) is 2.74. The molecule has 1 aliphatic carbocycles. The normalized spacial score (nSPS) is 21.8. The highest BCUT2D eigenvalue weighted by Crippen LogP contribution is 2.39. The first kappa shape index (κ1) is 13.0. The molecular weight excluding hydrogens is 258 g/mol. The van der Waals surface area contributed by atoms with Crippen molar-refractivity contribution in [3.8, 4) is 5.75 Å². The van der Waals surface area contributed by atoms with E-state index in [1.807, 2.05) is 26.0 Å². The van der Waals surface area contributed by atoms with E-state index in [9.17, 15) is 9.59 Å². The lowest BCUT2D eigenvalue weighted by molar-refractivity contribution is -0.143. The van der Waals surface area contributed by atoms with E-state index >= 15 is 0 Å². The molecule has 5 heteroatoms. The van der Waals surface area contributed by atoms with Gasteiger partial charge in [0.25, 0.3) is 0 Å². The second-order valence-electron chi connectivity index (χ2n) is 5.71. The second kappa shape index (κ2) is 4.23. The first-order valence-corrected chi connectivity index (χ1v) is 6.72. The molecule has 2 aliphatic rings. The number of carboxylic acids is 1. The van der Waals surface area contributed by atoms with E-state index in [1.165, 1.54) is 0 Å². The summed E-state index contributed by atoms with van der Waals surface area (Å²) in [5.41, 5.74) is 2.03. The minimum atomic E-state index is -1.04. The number of fused-ring (bicyclic) bond motifs is 1. The molecule has 5 nitrogen and oxygen atoms in total. The fraction of sp³-hybridized carbons (Fsp3) is 0.467. The summed E-state index contributed by atoms with van der Waals surface area (Å²) in [7, 11) is 0. The van der Waals surface area contributed by atoms with Crippen LogP contribution >= 0.6 is 0 Å². The molecule has 1 aliphatic heterocycles. The third kappa shape index (κ3) is 1.94. The van der Waals surface area contributed by atoms with Crippen LogP contribution in [0.5, 0.6) is 5.75 Å². The molecule has 0 bridgehead atoms. The van der Waals surface area contributed by atoms with Gasteiger partial charge in [-0.1, -0.05) is 6.07 Å². The molecule has 3 rings (SSSR count). The van der Waals surface area contributed by atoms with Crippen LogP contribution in [0.2, 0.25) is 0 Å². The summed E-state index contributed by atoms with van der Waals surface area (Å²) in [6.07, 6.45) is 1.00. The fourth-order valence-corrected chi connectivity index (χ4v) is 2.53. The summed E-state index contributed by atoms with van der Waals surface area (Å²) >= 11 is 0. The van der Waals surface area contributed by atoms with Gasteiger partial charge < -0.3 is 15.2 Å². The second-order valence-corrected chi connectivity index (χ2v) is 5.71. The predicted molar refractivity (Wildman–Crippen MR) is 71.9 cm³/mol. The number of ether oxygens (including phenoxy) is 1. The molecule has 1 atom stereocenters. The zero-order chi connectivity index (χ0) is 14.5. The summed E-state index contributed by atoms with van der Waals surface area (Å²) < 4.78 is 5.56. The minimum Gasteiger partial charge on any atom is -0.492 e. The number of carboxylic acid groups (broad SMARTS) is 1. The molecule has 1 unspecified atom stereocenters. The van der Waals surface area contributed by atoms with Crippen molar-refractivity contribution < 1.29 is 19.4 Å². The lowest BCUT2D eigenvalue weighted by atomic mass is 9.96. The first-order valence-electron chi connectivity index (χ1n) is 6.72. The Morgan fingerprint density at radius 3 is 2.55 bits per heavy atom. The van der Waals surface area contributed by atoms with Gasteiger partial charge in [-0.2, -0.15) is 0 Å². The summed E-state index contributed by atoms with van der Waals surface area (Å²) in [6, 6.07) is 3.89. The Labute approximate surface area is 116 Å². The molecule has 1 fully saturated rings. The Morgan fingerprint density at radius 2 is 1.95 bits per heavy atom. The fourth-order valence-electron chi connectivity index (χ4n) is 2.53. The molecule has 1 aromatic rings. The van der Waals surface area contributed by atoms with Crippen LogP contribution in [-0.2, 0) is 9.59 Å². The monoisotopic (exact) mass is 275 g/mol. The van der Waals surface area contributed by atoms with E-state index in [2.05, 4.69) is 5.32 Å². The summed E-state index contributed by atoms with van der Waals surface area (Å²) in [6.45, 7) is 4.26. The molecule has 0 saturated heterocycles. The molecule has 1 saturated carbocycles. The zero-order valence-electron chi connectivity index (χ0n) is 11.5. The van der Waals surface area contributed by atoms with Crippen molar-refractivity contribution in [3.63, 3.8) is 0 Å². The Morgan fingerprint density at radius 1 is 1.30 bits per heavy atom. The number of carbonyl (C=O) groups excluding carboxylic acids is 1. The average molecular weight is 275 g/mol. The molecule has 106 valence electrons. The highest BCUT2D eigenvalue weighted by Gasteiger charge is 2.52. The number of aryl methyl sites for hydroxylation is 2. The topological polar surface area (TPSA) is 75.6 Å². The molecule has 0 radical (unpaired) electrons. The van der Waals surface area contributed by atoms with Gasteiger partial charge in [0.05, 0.1) is 0 Å². The van der Waals surface area contributed by atoms with Crippen molar-refractivity contribution in [2.45, 2.75) is 38.1 Å². The molecule has 1 amide bonds. The number of hydrogen-bond donors (Lipinski definition) is 2. The number of carbonyl (C=O) groups is 2. The van der Waals surface area contributed by atoms with Crippen LogP contribution in [0.4, 0.5) is 0 Å². The van der Waals surface area contributed by atoms with E-state index < -0.39 is 17.4 Å². The Balaban J connectivity index is 1.83. The number of benzene rings is 1. The first-order chi connectivity index (χ1) is 9.43. The van der Waals surface area contributed by atoms with Crippen molar-refractivity contribution >= 4 is 11.9 Å². The number of amides is 1. The summed E-state index contributed by atoms with van der Waals surface area (Å²) in [5.74, 6) is -0.897. The van der Waals surface area contributed by atoms with Gasteiger partial charge in [0.1, 0.15) is 23.8 Å². The van der Waals surface area contributed by atoms with E-state index in [4.69, 9.17) is 9.84 Å². The third-order valence-corrected chi connectivity index (χ3v) is 4.25. The van der Waals surface area contributed by atoms with E-state index in [0.717, 1.165) is 22.4 Å². The minimum absolute atomic E-state index is 0.257. The maximum absolute atomic E-state index is 12.3. The van der Waals surface area contributed by atoms with Crippen LogP contribution in [0.15, 0.2) is 12.1 Å². The molecule has 20 heavy (non-hydrogen) atoms.